The van der Waals surface area contributed by atoms with Gasteiger partial charge in [0.1, 0.15) is 0 Å². The lowest BCUT2D eigenvalue weighted by Crippen LogP contribution is -2.33. The van der Waals surface area contributed by atoms with Crippen molar-refractivity contribution in [3.05, 3.63) is 69.2 Å². The van der Waals surface area contributed by atoms with Gasteiger partial charge in [0.15, 0.2) is 0 Å². The van der Waals surface area contributed by atoms with Crippen LogP contribution in [0.4, 0.5) is 11.4 Å². The minimum absolute atomic E-state index is 0.116. The van der Waals surface area contributed by atoms with Crippen LogP contribution < -0.4 is 5.32 Å². The zero-order valence-corrected chi connectivity index (χ0v) is 12.1. The Bertz CT molecular complexity index is 669. The molecule has 0 saturated heterocycles. The van der Waals surface area contributed by atoms with Gasteiger partial charge in [-0.15, -0.1) is 0 Å². The van der Waals surface area contributed by atoms with Gasteiger partial charge in [-0.2, -0.15) is 0 Å². The predicted molar refractivity (Wildman–Crippen MR) is 83.9 cm³/mol. The molecule has 2 aromatic carbocycles. The van der Waals surface area contributed by atoms with Gasteiger partial charge < -0.3 is 5.32 Å². The van der Waals surface area contributed by atoms with Crippen LogP contribution in [0, 0.1) is 10.1 Å². The summed E-state index contributed by atoms with van der Waals surface area (Å²) in [5, 5.41) is 14.9. The monoisotopic (exact) mass is 302 g/mol. The highest BCUT2D eigenvalue weighted by Crippen LogP contribution is 2.39. The minimum atomic E-state index is -0.374. The zero-order valence-electron chi connectivity index (χ0n) is 11.3. The third kappa shape index (κ3) is 3.16. The molecule has 1 aliphatic carbocycles. The van der Waals surface area contributed by atoms with Gasteiger partial charge in [-0.05, 0) is 42.5 Å². The fourth-order valence-corrected chi connectivity index (χ4v) is 2.91. The summed E-state index contributed by atoms with van der Waals surface area (Å²) in [4.78, 5) is 10.4. The SMILES string of the molecule is O=[N+]([O-])c1cccc(NC2CC(c3cccc(Cl)c3)C2)c1. The molecule has 0 spiro atoms. The molecule has 0 amide bonds. The molecule has 108 valence electrons. The van der Waals surface area contributed by atoms with E-state index in [1.165, 1.54) is 11.6 Å². The van der Waals surface area contributed by atoms with Gasteiger partial charge >= 0.3 is 0 Å². The number of anilines is 1. The summed E-state index contributed by atoms with van der Waals surface area (Å²) in [6.45, 7) is 0. The summed E-state index contributed by atoms with van der Waals surface area (Å²) in [6, 6.07) is 15.0. The number of nitro groups is 1. The first-order valence-electron chi connectivity index (χ1n) is 6.88. The van der Waals surface area contributed by atoms with Gasteiger partial charge in [-0.25, -0.2) is 0 Å². The molecule has 1 N–H and O–H groups in total. The topological polar surface area (TPSA) is 55.2 Å². The summed E-state index contributed by atoms with van der Waals surface area (Å²) in [5.74, 6) is 0.514. The molecule has 0 unspecified atom stereocenters. The standard InChI is InChI=1S/C16H15ClN2O2/c17-13-4-1-3-11(7-13)12-8-15(9-12)18-14-5-2-6-16(10-14)19(20)21/h1-7,10,12,15,18H,8-9H2. The molecule has 21 heavy (non-hydrogen) atoms. The fourth-order valence-electron chi connectivity index (χ4n) is 2.71. The van der Waals surface area contributed by atoms with Crippen LogP contribution in [0.2, 0.25) is 5.02 Å². The third-order valence-corrected chi connectivity index (χ3v) is 4.12. The summed E-state index contributed by atoms with van der Waals surface area (Å²) in [7, 11) is 0. The molecule has 2 aromatic rings. The zero-order chi connectivity index (χ0) is 14.8. The summed E-state index contributed by atoms with van der Waals surface area (Å²) < 4.78 is 0. The first-order chi connectivity index (χ1) is 10.1. The summed E-state index contributed by atoms with van der Waals surface area (Å²) >= 11 is 6.00. The van der Waals surface area contributed by atoms with Gasteiger partial charge in [0, 0.05) is 28.9 Å². The number of hydrogen-bond acceptors (Lipinski definition) is 3. The molecule has 3 rings (SSSR count). The third-order valence-electron chi connectivity index (χ3n) is 3.89. The van der Waals surface area contributed by atoms with Gasteiger partial charge in [-0.1, -0.05) is 29.8 Å². The summed E-state index contributed by atoms with van der Waals surface area (Å²) in [5.41, 5.74) is 2.18. The maximum Gasteiger partial charge on any atom is 0.271 e. The average molecular weight is 303 g/mol. The number of rotatable bonds is 4. The molecule has 0 radical (unpaired) electrons. The Balaban J connectivity index is 1.60. The van der Waals surface area contributed by atoms with Crippen molar-refractivity contribution in [3.8, 4) is 0 Å². The number of nitro benzene ring substituents is 1. The van der Waals surface area contributed by atoms with Crippen molar-refractivity contribution in [2.24, 2.45) is 0 Å². The van der Waals surface area contributed by atoms with Crippen LogP contribution in [0.3, 0.4) is 0 Å². The van der Waals surface area contributed by atoms with E-state index in [2.05, 4.69) is 11.4 Å². The van der Waals surface area contributed by atoms with E-state index >= 15 is 0 Å². The Hall–Kier alpha value is -2.07. The van der Waals surface area contributed by atoms with Crippen LogP contribution in [-0.2, 0) is 0 Å². The molecule has 4 nitrogen and oxygen atoms in total. The predicted octanol–water partition coefficient (Wildman–Crippen LogP) is 4.61. The second-order valence-electron chi connectivity index (χ2n) is 5.37. The molecule has 0 aromatic heterocycles. The lowest BCUT2D eigenvalue weighted by molar-refractivity contribution is -0.384. The van der Waals surface area contributed by atoms with Gasteiger partial charge in [0.2, 0.25) is 0 Å². The van der Waals surface area contributed by atoms with Crippen molar-refractivity contribution < 1.29 is 4.92 Å². The Morgan fingerprint density at radius 2 is 1.90 bits per heavy atom. The number of hydrogen-bond donors (Lipinski definition) is 1. The van der Waals surface area contributed by atoms with Crippen molar-refractivity contribution in [1.82, 2.24) is 0 Å². The molecule has 0 aliphatic heterocycles. The van der Waals surface area contributed by atoms with Crippen LogP contribution in [0.1, 0.15) is 24.3 Å². The molecular formula is C16H15ClN2O2. The highest BCUT2D eigenvalue weighted by molar-refractivity contribution is 6.30. The second-order valence-corrected chi connectivity index (χ2v) is 5.81. The first kappa shape index (κ1) is 13.9. The Labute approximate surface area is 127 Å². The Morgan fingerprint density at radius 1 is 1.14 bits per heavy atom. The molecule has 5 heteroatoms. The van der Waals surface area contributed by atoms with Gasteiger partial charge in [-0.3, -0.25) is 10.1 Å². The maximum atomic E-state index is 10.8. The highest BCUT2D eigenvalue weighted by Gasteiger charge is 2.30. The van der Waals surface area contributed by atoms with Crippen LogP contribution in [-0.4, -0.2) is 11.0 Å². The molecule has 0 bridgehead atoms. The van der Waals surface area contributed by atoms with E-state index in [4.69, 9.17) is 11.6 Å². The van der Waals surface area contributed by atoms with E-state index in [1.807, 2.05) is 24.3 Å². The second kappa shape index (κ2) is 5.74. The van der Waals surface area contributed by atoms with Crippen molar-refractivity contribution in [2.75, 3.05) is 5.32 Å². The lowest BCUT2D eigenvalue weighted by atomic mass is 9.76. The molecule has 1 aliphatic rings. The Morgan fingerprint density at radius 3 is 2.62 bits per heavy atom. The number of nitrogens with zero attached hydrogens (tertiary/aromatic N) is 1. The minimum Gasteiger partial charge on any atom is -0.382 e. The van der Waals surface area contributed by atoms with E-state index < -0.39 is 0 Å². The number of nitrogens with one attached hydrogen (secondary N) is 1. The van der Waals surface area contributed by atoms with Crippen molar-refractivity contribution in [1.29, 1.82) is 0 Å². The molecule has 1 saturated carbocycles. The molecule has 0 atom stereocenters. The van der Waals surface area contributed by atoms with E-state index in [-0.39, 0.29) is 10.6 Å². The van der Waals surface area contributed by atoms with Gasteiger partial charge in [0.25, 0.3) is 5.69 Å². The number of non-ortho nitro benzene ring substituents is 1. The quantitative estimate of drug-likeness (QED) is 0.663. The lowest BCUT2D eigenvalue weighted by Gasteiger charge is -2.37. The molecule has 0 heterocycles. The van der Waals surface area contributed by atoms with E-state index in [9.17, 15) is 10.1 Å². The Kier molecular flexibility index (Phi) is 3.80. The molecule has 1 fully saturated rings. The average Bonchev–Trinajstić information content (AvgIpc) is 2.42. The van der Waals surface area contributed by atoms with Gasteiger partial charge in [0.05, 0.1) is 4.92 Å². The first-order valence-corrected chi connectivity index (χ1v) is 7.26. The highest BCUT2D eigenvalue weighted by atomic mass is 35.5. The fraction of sp³-hybridized carbons (Fsp3) is 0.250. The van der Waals surface area contributed by atoms with Crippen LogP contribution in [0.15, 0.2) is 48.5 Å². The smallest absolute Gasteiger partial charge is 0.271 e. The normalized spacial score (nSPS) is 20.6. The van der Waals surface area contributed by atoms with E-state index in [1.54, 1.807) is 12.1 Å². The van der Waals surface area contributed by atoms with Crippen LogP contribution in [0.5, 0.6) is 0 Å². The molecular weight excluding hydrogens is 288 g/mol. The van der Waals surface area contributed by atoms with Crippen molar-refractivity contribution in [3.63, 3.8) is 0 Å². The maximum absolute atomic E-state index is 10.8. The van der Waals surface area contributed by atoms with Crippen LogP contribution in [0.25, 0.3) is 0 Å². The number of benzene rings is 2. The van der Waals surface area contributed by atoms with E-state index in [0.717, 1.165) is 23.6 Å². The number of halogens is 1. The largest absolute Gasteiger partial charge is 0.382 e. The van der Waals surface area contributed by atoms with Crippen molar-refractivity contribution >= 4 is 23.0 Å². The van der Waals surface area contributed by atoms with Crippen molar-refractivity contribution in [2.45, 2.75) is 24.8 Å². The van der Waals surface area contributed by atoms with Crippen LogP contribution >= 0.6 is 11.6 Å². The summed E-state index contributed by atoms with van der Waals surface area (Å²) in [6.07, 6.45) is 2.03. The van der Waals surface area contributed by atoms with E-state index in [0.29, 0.717) is 12.0 Å².